The number of nitrogens with one attached hydrogen (secondary N) is 1. The van der Waals surface area contributed by atoms with E-state index in [9.17, 15) is 0 Å². The first-order valence-corrected chi connectivity index (χ1v) is 7.81. The largest absolute Gasteiger partial charge is 0.497 e. The summed E-state index contributed by atoms with van der Waals surface area (Å²) in [4.78, 5) is 2.71. The Hall–Kier alpha value is -1.06. The predicted molar refractivity (Wildman–Crippen MR) is 82.3 cm³/mol. The molecule has 3 rings (SSSR count). The molecular formula is C17H26N2O. The number of piperazine rings is 1. The summed E-state index contributed by atoms with van der Waals surface area (Å²) in [5.74, 6) is 1.85. The first kappa shape index (κ1) is 13.9. The van der Waals surface area contributed by atoms with Crippen LogP contribution in [-0.4, -0.2) is 43.7 Å². The average Bonchev–Trinajstić information content (AvgIpc) is 3.32. The summed E-state index contributed by atoms with van der Waals surface area (Å²) in [6, 6.07) is 8.51. The average molecular weight is 274 g/mol. The Kier molecular flexibility index (Phi) is 3.99. The van der Waals surface area contributed by atoms with E-state index in [1.54, 1.807) is 7.11 Å². The fraction of sp³-hybridized carbons (Fsp3) is 0.647. The Morgan fingerprint density at radius 1 is 1.30 bits per heavy atom. The second kappa shape index (κ2) is 5.74. The van der Waals surface area contributed by atoms with Crippen molar-refractivity contribution in [3.05, 3.63) is 29.8 Å². The van der Waals surface area contributed by atoms with Crippen LogP contribution in [0.15, 0.2) is 24.3 Å². The van der Waals surface area contributed by atoms with E-state index in [4.69, 9.17) is 4.74 Å². The Bertz CT molecular complexity index is 441. The van der Waals surface area contributed by atoms with Crippen molar-refractivity contribution in [2.45, 2.75) is 31.7 Å². The van der Waals surface area contributed by atoms with Gasteiger partial charge in [0.25, 0.3) is 0 Å². The Morgan fingerprint density at radius 2 is 2.05 bits per heavy atom. The van der Waals surface area contributed by atoms with Gasteiger partial charge in [-0.2, -0.15) is 0 Å². The highest BCUT2D eigenvalue weighted by Gasteiger charge is 2.46. The second-order valence-electron chi connectivity index (χ2n) is 6.39. The maximum absolute atomic E-state index is 5.22. The van der Waals surface area contributed by atoms with Gasteiger partial charge in [0.15, 0.2) is 0 Å². The standard InChI is InChI=1S/C17H26N2O/c1-17(15-5-6-15)13-18-10-12-19(17)11-9-14-3-7-16(20-2)8-4-14/h3-4,7-8,15,18H,5-6,9-13H2,1-2H3. The van der Waals surface area contributed by atoms with Crippen LogP contribution in [0.3, 0.4) is 0 Å². The SMILES string of the molecule is COc1ccc(CCN2CCNCC2(C)C2CC2)cc1. The van der Waals surface area contributed by atoms with Crippen molar-refractivity contribution >= 4 is 0 Å². The normalized spacial score (nSPS) is 27.5. The first-order chi connectivity index (χ1) is 9.72. The minimum atomic E-state index is 0.380. The summed E-state index contributed by atoms with van der Waals surface area (Å²) in [5, 5.41) is 3.58. The molecule has 110 valence electrons. The molecule has 20 heavy (non-hydrogen) atoms. The monoisotopic (exact) mass is 274 g/mol. The van der Waals surface area contributed by atoms with Gasteiger partial charge in [0, 0.05) is 31.7 Å². The van der Waals surface area contributed by atoms with Crippen molar-refractivity contribution in [3.8, 4) is 5.75 Å². The first-order valence-electron chi connectivity index (χ1n) is 7.81. The molecule has 1 saturated heterocycles. The van der Waals surface area contributed by atoms with E-state index in [-0.39, 0.29) is 0 Å². The minimum Gasteiger partial charge on any atom is -0.497 e. The predicted octanol–water partition coefficient (Wildman–Crippen LogP) is 2.31. The molecule has 1 aliphatic carbocycles. The quantitative estimate of drug-likeness (QED) is 0.892. The Labute approximate surface area is 122 Å². The number of methoxy groups -OCH3 is 1. The van der Waals surface area contributed by atoms with E-state index in [0.29, 0.717) is 5.54 Å². The van der Waals surface area contributed by atoms with E-state index >= 15 is 0 Å². The van der Waals surface area contributed by atoms with Crippen LogP contribution >= 0.6 is 0 Å². The second-order valence-corrected chi connectivity index (χ2v) is 6.39. The molecule has 3 heteroatoms. The maximum Gasteiger partial charge on any atom is 0.118 e. The molecule has 1 atom stereocenters. The van der Waals surface area contributed by atoms with Gasteiger partial charge in [0.1, 0.15) is 5.75 Å². The topological polar surface area (TPSA) is 24.5 Å². The molecule has 1 N–H and O–H groups in total. The van der Waals surface area contributed by atoms with Crippen molar-refractivity contribution in [3.63, 3.8) is 0 Å². The summed E-state index contributed by atoms with van der Waals surface area (Å²) in [6.45, 7) is 7.08. The summed E-state index contributed by atoms with van der Waals surface area (Å²) in [6.07, 6.45) is 3.96. The lowest BCUT2D eigenvalue weighted by atomic mass is 9.90. The zero-order chi connectivity index (χ0) is 14.0. The van der Waals surface area contributed by atoms with Crippen LogP contribution in [-0.2, 0) is 6.42 Å². The van der Waals surface area contributed by atoms with E-state index < -0.39 is 0 Å². The maximum atomic E-state index is 5.22. The van der Waals surface area contributed by atoms with Gasteiger partial charge in [-0.25, -0.2) is 0 Å². The fourth-order valence-electron chi connectivity index (χ4n) is 3.45. The Morgan fingerprint density at radius 3 is 2.70 bits per heavy atom. The molecule has 0 spiro atoms. The lowest BCUT2D eigenvalue weighted by Crippen LogP contribution is -2.61. The molecule has 2 aliphatic rings. The lowest BCUT2D eigenvalue weighted by Gasteiger charge is -2.46. The van der Waals surface area contributed by atoms with Crippen molar-refractivity contribution in [2.24, 2.45) is 5.92 Å². The highest BCUT2D eigenvalue weighted by molar-refractivity contribution is 5.27. The molecule has 2 fully saturated rings. The van der Waals surface area contributed by atoms with E-state index in [1.165, 1.54) is 31.5 Å². The molecule has 0 bridgehead atoms. The molecule has 0 aromatic heterocycles. The van der Waals surface area contributed by atoms with E-state index in [0.717, 1.165) is 31.2 Å². The van der Waals surface area contributed by atoms with Crippen molar-refractivity contribution in [1.29, 1.82) is 0 Å². The number of nitrogens with zero attached hydrogens (tertiary/aromatic N) is 1. The van der Waals surface area contributed by atoms with Gasteiger partial charge in [0.2, 0.25) is 0 Å². The van der Waals surface area contributed by atoms with Gasteiger partial charge >= 0.3 is 0 Å². The molecule has 0 amide bonds. The van der Waals surface area contributed by atoms with Crippen LogP contribution in [0.4, 0.5) is 0 Å². The van der Waals surface area contributed by atoms with Crippen LogP contribution in [0.2, 0.25) is 0 Å². The summed E-state index contributed by atoms with van der Waals surface area (Å²) in [7, 11) is 1.72. The smallest absolute Gasteiger partial charge is 0.118 e. The molecule has 1 unspecified atom stereocenters. The van der Waals surface area contributed by atoms with Crippen molar-refractivity contribution in [2.75, 3.05) is 33.3 Å². The lowest BCUT2D eigenvalue weighted by molar-refractivity contribution is 0.0571. The van der Waals surface area contributed by atoms with Gasteiger partial charge in [-0.3, -0.25) is 4.90 Å². The number of rotatable bonds is 5. The zero-order valence-electron chi connectivity index (χ0n) is 12.7. The van der Waals surface area contributed by atoms with Gasteiger partial charge in [0.05, 0.1) is 7.11 Å². The Balaban J connectivity index is 1.60. The molecule has 1 aromatic rings. The van der Waals surface area contributed by atoms with Gasteiger partial charge in [-0.15, -0.1) is 0 Å². The molecule has 0 radical (unpaired) electrons. The van der Waals surface area contributed by atoms with Crippen LogP contribution < -0.4 is 10.1 Å². The number of benzene rings is 1. The van der Waals surface area contributed by atoms with Crippen LogP contribution in [0.5, 0.6) is 5.75 Å². The van der Waals surface area contributed by atoms with Crippen molar-refractivity contribution < 1.29 is 4.74 Å². The third-order valence-electron chi connectivity index (χ3n) is 5.05. The van der Waals surface area contributed by atoms with E-state index in [2.05, 4.69) is 41.4 Å². The number of hydrogen-bond acceptors (Lipinski definition) is 3. The van der Waals surface area contributed by atoms with Crippen molar-refractivity contribution in [1.82, 2.24) is 10.2 Å². The zero-order valence-corrected chi connectivity index (χ0v) is 12.7. The third-order valence-corrected chi connectivity index (χ3v) is 5.05. The summed E-state index contributed by atoms with van der Waals surface area (Å²) in [5.41, 5.74) is 1.78. The van der Waals surface area contributed by atoms with Gasteiger partial charge < -0.3 is 10.1 Å². The molecule has 1 aromatic carbocycles. The highest BCUT2D eigenvalue weighted by Crippen LogP contribution is 2.43. The molecule has 1 saturated carbocycles. The van der Waals surface area contributed by atoms with Gasteiger partial charge in [-0.05, 0) is 49.8 Å². The number of hydrogen-bond donors (Lipinski definition) is 1. The van der Waals surface area contributed by atoms with Crippen LogP contribution in [0.25, 0.3) is 0 Å². The molecule has 1 heterocycles. The van der Waals surface area contributed by atoms with Crippen LogP contribution in [0.1, 0.15) is 25.3 Å². The molecular weight excluding hydrogens is 248 g/mol. The highest BCUT2D eigenvalue weighted by atomic mass is 16.5. The summed E-state index contributed by atoms with van der Waals surface area (Å²) < 4.78 is 5.22. The van der Waals surface area contributed by atoms with Gasteiger partial charge in [-0.1, -0.05) is 12.1 Å². The third kappa shape index (κ3) is 2.84. The minimum absolute atomic E-state index is 0.380. The fourth-order valence-corrected chi connectivity index (χ4v) is 3.45. The van der Waals surface area contributed by atoms with E-state index in [1.807, 2.05) is 0 Å². The molecule has 1 aliphatic heterocycles. The summed E-state index contributed by atoms with van der Waals surface area (Å²) >= 11 is 0. The van der Waals surface area contributed by atoms with Crippen LogP contribution in [0, 0.1) is 5.92 Å². The molecule has 3 nitrogen and oxygen atoms in total. The number of ether oxygens (including phenoxy) is 1.